The van der Waals surface area contributed by atoms with Crippen LogP contribution < -0.4 is 10.2 Å². The van der Waals surface area contributed by atoms with Crippen molar-refractivity contribution in [2.75, 3.05) is 0 Å². The summed E-state index contributed by atoms with van der Waals surface area (Å²) in [5.41, 5.74) is -0.121. The van der Waals surface area contributed by atoms with Crippen molar-refractivity contribution in [3.63, 3.8) is 0 Å². The van der Waals surface area contributed by atoms with Gasteiger partial charge < -0.3 is 19.8 Å². The van der Waals surface area contributed by atoms with E-state index in [1.54, 1.807) is 21.7 Å². The molecule has 0 saturated heterocycles. The Morgan fingerprint density at radius 2 is 1.19 bits per heavy atom. The van der Waals surface area contributed by atoms with Gasteiger partial charge in [0.1, 0.15) is 0 Å². The Labute approximate surface area is 201 Å². The summed E-state index contributed by atoms with van der Waals surface area (Å²) in [6.07, 6.45) is 22.9. The van der Waals surface area contributed by atoms with E-state index >= 15 is 0 Å². The average Bonchev–Trinajstić information content (AvgIpc) is 2.76. The first-order valence-corrected chi connectivity index (χ1v) is 16.9. The Morgan fingerprint density at radius 1 is 0.742 bits per heavy atom. The molecule has 0 spiro atoms. The summed E-state index contributed by atoms with van der Waals surface area (Å²) in [6, 6.07) is 0. The van der Waals surface area contributed by atoms with E-state index in [2.05, 4.69) is 13.8 Å². The van der Waals surface area contributed by atoms with E-state index < -0.39 is 11.9 Å². The number of unbranched alkanes of at least 4 members (excludes halogenated alkanes) is 10. The molecule has 0 radical (unpaired) electrons. The van der Waals surface area contributed by atoms with Crippen LogP contribution in [-0.4, -0.2) is 33.1 Å². The summed E-state index contributed by atoms with van der Waals surface area (Å²) >= 11 is 0.0736. The van der Waals surface area contributed by atoms with Gasteiger partial charge in [0.25, 0.3) is 0 Å². The van der Waals surface area contributed by atoms with Gasteiger partial charge in [-0.1, -0.05) is 19.3 Å². The van der Waals surface area contributed by atoms with E-state index in [1.165, 1.54) is 64.2 Å². The van der Waals surface area contributed by atoms with Gasteiger partial charge in [-0.05, 0) is 30.4 Å². The topological polar surface area (TPSA) is 80.3 Å². The molecule has 1 saturated carbocycles. The molecule has 0 bridgehead atoms. The first-order valence-electron chi connectivity index (χ1n) is 12.9. The molecule has 0 heterocycles. The normalized spacial score (nSPS) is 14.5. The second kappa shape index (κ2) is 22.7. The van der Waals surface area contributed by atoms with Crippen LogP contribution in [0, 0.1) is 5.92 Å². The molecule has 0 amide bonds. The van der Waals surface area contributed by atoms with E-state index in [1.807, 2.05) is 0 Å². The van der Waals surface area contributed by atoms with Crippen LogP contribution in [0.3, 0.4) is 0 Å². The van der Waals surface area contributed by atoms with Crippen molar-refractivity contribution in [2.24, 2.45) is 5.92 Å². The average molecular weight is 541 g/mol. The summed E-state index contributed by atoms with van der Waals surface area (Å²) in [6.45, 7) is 4.60. The van der Waals surface area contributed by atoms with Crippen LogP contribution in [0.15, 0.2) is 11.6 Å². The van der Waals surface area contributed by atoms with Crippen molar-refractivity contribution in [3.05, 3.63) is 11.6 Å². The van der Waals surface area contributed by atoms with Gasteiger partial charge in [0.15, 0.2) is 0 Å². The number of carbonyl (C=O) groups is 2. The molecule has 0 unspecified atom stereocenters. The zero-order valence-electron chi connectivity index (χ0n) is 20.2. The van der Waals surface area contributed by atoms with Crippen LogP contribution >= 0.6 is 0 Å². The maximum absolute atomic E-state index is 10.7. The van der Waals surface area contributed by atoms with E-state index in [4.69, 9.17) is 0 Å². The molecule has 178 valence electrons. The number of carboxylic acids is 2. The van der Waals surface area contributed by atoms with Crippen LogP contribution in [0.2, 0.25) is 8.87 Å². The SMILES string of the molecule is CCCCCCC[CH2][Sn+2][CH2]CCCCCCC.O=C([O-])/C=C(\C(=O)[O-])C1CCCCC1. The minimum Gasteiger partial charge on any atom is -0.545 e. The van der Waals surface area contributed by atoms with Crippen LogP contribution in [0.1, 0.15) is 123 Å². The Morgan fingerprint density at radius 3 is 1.61 bits per heavy atom. The van der Waals surface area contributed by atoms with E-state index in [0.717, 1.165) is 32.1 Å². The van der Waals surface area contributed by atoms with Crippen molar-refractivity contribution in [2.45, 2.75) is 132 Å². The summed E-state index contributed by atoms with van der Waals surface area (Å²) in [5, 5.41) is 20.9. The van der Waals surface area contributed by atoms with Crippen molar-refractivity contribution in [3.8, 4) is 0 Å². The van der Waals surface area contributed by atoms with E-state index in [0.29, 0.717) is 6.08 Å². The molecule has 4 nitrogen and oxygen atoms in total. The van der Waals surface area contributed by atoms with Crippen LogP contribution in [-0.2, 0) is 9.59 Å². The molecule has 31 heavy (non-hydrogen) atoms. The molecule has 0 aromatic heterocycles. The number of carboxylic acid groups (broad SMARTS) is 2. The minimum absolute atomic E-state index is 0.0736. The Hall–Kier alpha value is -0.521. The monoisotopic (exact) mass is 542 g/mol. The third-order valence-corrected chi connectivity index (χ3v) is 10.0. The largest absolute Gasteiger partial charge is 0.545 e. The zero-order valence-corrected chi connectivity index (χ0v) is 23.1. The van der Waals surface area contributed by atoms with Gasteiger partial charge in [0.2, 0.25) is 0 Å². The van der Waals surface area contributed by atoms with Crippen LogP contribution in [0.5, 0.6) is 0 Å². The van der Waals surface area contributed by atoms with Crippen molar-refractivity contribution in [1.29, 1.82) is 0 Å². The summed E-state index contributed by atoms with van der Waals surface area (Å²) in [7, 11) is 0. The van der Waals surface area contributed by atoms with Gasteiger partial charge in [-0.3, -0.25) is 0 Å². The maximum Gasteiger partial charge on any atom is 0.0678 e. The molecule has 1 aliphatic carbocycles. The fourth-order valence-corrected chi connectivity index (χ4v) is 7.64. The van der Waals surface area contributed by atoms with Crippen molar-refractivity contribution in [1.82, 2.24) is 0 Å². The quantitative estimate of drug-likeness (QED) is 0.143. The third-order valence-electron chi connectivity index (χ3n) is 5.97. The standard InChI is InChI=1S/C10H14O4.2C8H17.Sn/c11-9(12)6-8(10(13)14)7-4-2-1-3-5-7;2*1-3-5-7-8-6-4-2;/h6-7H,1-5H2,(H,11,12)(H,13,14);2*1,3-8H2,2H3;/q;;;+2/p-2/b8-6-;;;. The summed E-state index contributed by atoms with van der Waals surface area (Å²) in [5.74, 6) is -3.03. The molecule has 0 aromatic rings. The molecule has 0 atom stereocenters. The molecule has 0 aliphatic heterocycles. The fraction of sp³-hybridized carbons (Fsp3) is 0.846. The molecule has 5 heteroatoms. The van der Waals surface area contributed by atoms with Crippen LogP contribution in [0.4, 0.5) is 0 Å². The van der Waals surface area contributed by atoms with Gasteiger partial charge >= 0.3 is 121 Å². The third kappa shape index (κ3) is 19.9. The molecule has 0 aromatic carbocycles. The smallest absolute Gasteiger partial charge is 0.0678 e. The second-order valence-corrected chi connectivity index (χ2v) is 13.1. The molecule has 1 rings (SSSR count). The van der Waals surface area contributed by atoms with Gasteiger partial charge in [-0.25, -0.2) is 0 Å². The summed E-state index contributed by atoms with van der Waals surface area (Å²) in [4.78, 5) is 20.9. The van der Waals surface area contributed by atoms with Gasteiger partial charge in [0, 0.05) is 0 Å². The number of hydrogen-bond donors (Lipinski definition) is 0. The first-order chi connectivity index (χ1) is 15.0. The maximum atomic E-state index is 10.7. The molecule has 1 aliphatic rings. The molecular formula is C26H46O4Sn. The Balaban J connectivity index is 0.000000590. The number of aliphatic carboxylic acids is 2. The Kier molecular flexibility index (Phi) is 22.3. The van der Waals surface area contributed by atoms with Crippen LogP contribution in [0.25, 0.3) is 0 Å². The number of rotatable bonds is 17. The zero-order chi connectivity index (χ0) is 23.2. The molecule has 1 fully saturated rings. The summed E-state index contributed by atoms with van der Waals surface area (Å²) < 4.78 is 3.31. The van der Waals surface area contributed by atoms with Gasteiger partial charge in [-0.15, -0.1) is 0 Å². The molecule has 0 N–H and O–H groups in total. The molecular weight excluding hydrogens is 495 g/mol. The van der Waals surface area contributed by atoms with Gasteiger partial charge in [0.05, 0.1) is 11.9 Å². The number of hydrogen-bond acceptors (Lipinski definition) is 4. The van der Waals surface area contributed by atoms with Gasteiger partial charge in [-0.2, -0.15) is 0 Å². The Bertz CT molecular complexity index is 456. The van der Waals surface area contributed by atoms with E-state index in [9.17, 15) is 19.8 Å². The fourth-order valence-electron chi connectivity index (χ4n) is 4.07. The van der Waals surface area contributed by atoms with Crippen molar-refractivity contribution >= 4 is 33.1 Å². The predicted molar refractivity (Wildman–Crippen MR) is 127 cm³/mol. The predicted octanol–water partition coefficient (Wildman–Crippen LogP) is 5.24. The minimum atomic E-state index is -1.46. The number of carbonyl (C=O) groups excluding carboxylic acids is 2. The second-order valence-electron chi connectivity index (χ2n) is 8.83. The van der Waals surface area contributed by atoms with Crippen molar-refractivity contribution < 1.29 is 19.8 Å². The van der Waals surface area contributed by atoms with E-state index in [-0.39, 0.29) is 32.6 Å². The first kappa shape index (κ1) is 30.5.